The minimum absolute atomic E-state index is 0.297. The summed E-state index contributed by atoms with van der Waals surface area (Å²) in [4.78, 5) is 24.7. The number of halogens is 1. The Morgan fingerprint density at radius 2 is 1.64 bits per heavy atom. The third-order valence-corrected chi connectivity index (χ3v) is 4.46. The van der Waals surface area contributed by atoms with Crippen LogP contribution < -0.4 is 10.9 Å². The van der Waals surface area contributed by atoms with Crippen molar-refractivity contribution >= 4 is 35.2 Å². The number of thioether (sulfide) groups is 1. The van der Waals surface area contributed by atoms with Crippen molar-refractivity contribution in [1.82, 2.24) is 10.9 Å². The van der Waals surface area contributed by atoms with E-state index in [9.17, 15) is 9.59 Å². The quantitative estimate of drug-likeness (QED) is 0.666. The van der Waals surface area contributed by atoms with E-state index in [0.717, 1.165) is 4.90 Å². The maximum Gasteiger partial charge on any atom is 0.269 e. The van der Waals surface area contributed by atoms with Crippen molar-refractivity contribution in [1.29, 1.82) is 0 Å². The maximum absolute atomic E-state index is 12.0. The molecule has 0 heterocycles. The summed E-state index contributed by atoms with van der Waals surface area (Å²) >= 11 is 7.39. The molecule has 0 saturated heterocycles. The molecule has 2 rings (SSSR count). The van der Waals surface area contributed by atoms with Gasteiger partial charge in [0.15, 0.2) is 0 Å². The van der Waals surface area contributed by atoms with Gasteiger partial charge in [0, 0.05) is 10.5 Å². The number of benzene rings is 2. The number of amides is 2. The Balaban J connectivity index is 1.87. The molecule has 0 aliphatic carbocycles. The van der Waals surface area contributed by atoms with E-state index in [0.29, 0.717) is 10.6 Å². The average molecular weight is 335 g/mol. The third kappa shape index (κ3) is 4.51. The number of hydrazine groups is 1. The molecule has 0 aliphatic heterocycles. The first-order valence-corrected chi connectivity index (χ1v) is 7.90. The molecule has 114 valence electrons. The second kappa shape index (κ2) is 7.87. The van der Waals surface area contributed by atoms with Gasteiger partial charge in [0.05, 0.1) is 10.3 Å². The summed E-state index contributed by atoms with van der Waals surface area (Å²) in [5.41, 5.74) is 5.29. The van der Waals surface area contributed by atoms with E-state index in [1.54, 1.807) is 37.3 Å². The van der Waals surface area contributed by atoms with Crippen LogP contribution in [0.4, 0.5) is 0 Å². The highest BCUT2D eigenvalue weighted by atomic mass is 35.5. The molecule has 0 fully saturated rings. The van der Waals surface area contributed by atoms with Crippen LogP contribution >= 0.6 is 23.4 Å². The minimum atomic E-state index is -0.393. The van der Waals surface area contributed by atoms with Crippen LogP contribution in [0.1, 0.15) is 17.3 Å². The van der Waals surface area contributed by atoms with Crippen LogP contribution in [0, 0.1) is 0 Å². The largest absolute Gasteiger partial charge is 0.272 e. The Labute approximate surface area is 138 Å². The molecule has 6 heteroatoms. The molecule has 1 atom stereocenters. The second-order valence-corrected chi connectivity index (χ2v) is 6.29. The minimum Gasteiger partial charge on any atom is -0.272 e. The van der Waals surface area contributed by atoms with Crippen molar-refractivity contribution < 1.29 is 9.59 Å². The van der Waals surface area contributed by atoms with Gasteiger partial charge in [-0.05, 0) is 31.2 Å². The van der Waals surface area contributed by atoms with E-state index in [4.69, 9.17) is 11.6 Å². The highest BCUT2D eigenvalue weighted by Crippen LogP contribution is 2.29. The predicted molar refractivity (Wildman–Crippen MR) is 88.8 cm³/mol. The average Bonchev–Trinajstić information content (AvgIpc) is 2.55. The lowest BCUT2D eigenvalue weighted by Gasteiger charge is -2.13. The number of nitrogens with one attached hydrogen (secondary N) is 2. The van der Waals surface area contributed by atoms with Gasteiger partial charge in [0.1, 0.15) is 0 Å². The van der Waals surface area contributed by atoms with Crippen LogP contribution in [-0.2, 0) is 4.79 Å². The normalized spacial score (nSPS) is 11.5. The van der Waals surface area contributed by atoms with Gasteiger partial charge in [0.2, 0.25) is 0 Å². The second-order valence-electron chi connectivity index (χ2n) is 4.50. The summed E-state index contributed by atoms with van der Waals surface area (Å²) in [5.74, 6) is -0.655. The Morgan fingerprint density at radius 1 is 1.00 bits per heavy atom. The third-order valence-electron chi connectivity index (χ3n) is 2.84. The summed E-state index contributed by atoms with van der Waals surface area (Å²) in [6.45, 7) is 1.75. The molecule has 2 aromatic rings. The fourth-order valence-electron chi connectivity index (χ4n) is 1.67. The summed E-state index contributed by atoms with van der Waals surface area (Å²) in [6.07, 6.45) is 0. The SMILES string of the molecule is C[C@@H](Sc1ccccc1Cl)C(=O)NNC(=O)c1ccccc1. The zero-order valence-electron chi connectivity index (χ0n) is 11.9. The molecule has 2 N–H and O–H groups in total. The lowest BCUT2D eigenvalue weighted by molar-refractivity contribution is -0.121. The highest BCUT2D eigenvalue weighted by molar-refractivity contribution is 8.00. The topological polar surface area (TPSA) is 58.2 Å². The highest BCUT2D eigenvalue weighted by Gasteiger charge is 2.16. The van der Waals surface area contributed by atoms with Crippen LogP contribution in [0.2, 0.25) is 5.02 Å². The fraction of sp³-hybridized carbons (Fsp3) is 0.125. The van der Waals surface area contributed by atoms with Gasteiger partial charge < -0.3 is 0 Å². The molecule has 22 heavy (non-hydrogen) atoms. The summed E-state index contributed by atoms with van der Waals surface area (Å²) < 4.78 is 0. The molecule has 0 saturated carbocycles. The molecule has 0 spiro atoms. The van der Waals surface area contributed by atoms with E-state index in [2.05, 4.69) is 10.9 Å². The van der Waals surface area contributed by atoms with Crippen molar-refractivity contribution in [3.05, 3.63) is 65.2 Å². The van der Waals surface area contributed by atoms with Gasteiger partial charge in [-0.1, -0.05) is 41.9 Å². The first kappa shape index (κ1) is 16.4. The van der Waals surface area contributed by atoms with Crippen molar-refractivity contribution in [2.75, 3.05) is 0 Å². The summed E-state index contributed by atoms with van der Waals surface area (Å²) in [5, 5.41) is 0.205. The van der Waals surface area contributed by atoms with Crippen LogP contribution in [0.3, 0.4) is 0 Å². The van der Waals surface area contributed by atoms with Crippen LogP contribution in [0.25, 0.3) is 0 Å². The van der Waals surface area contributed by atoms with E-state index in [1.165, 1.54) is 11.8 Å². The maximum atomic E-state index is 12.0. The summed E-state index contributed by atoms with van der Waals surface area (Å²) in [6, 6.07) is 16.0. The predicted octanol–water partition coefficient (Wildman–Crippen LogP) is 3.28. The van der Waals surface area contributed by atoms with E-state index < -0.39 is 5.25 Å². The number of rotatable bonds is 4. The number of hydrogen-bond donors (Lipinski definition) is 2. The van der Waals surface area contributed by atoms with Crippen LogP contribution in [0.15, 0.2) is 59.5 Å². The lowest BCUT2D eigenvalue weighted by Crippen LogP contribution is -2.44. The Bertz CT molecular complexity index is 664. The van der Waals surface area contributed by atoms with E-state index in [1.807, 2.05) is 24.3 Å². The van der Waals surface area contributed by atoms with Gasteiger partial charge in [0.25, 0.3) is 11.8 Å². The van der Waals surface area contributed by atoms with Crippen molar-refractivity contribution in [2.24, 2.45) is 0 Å². The molecule has 0 radical (unpaired) electrons. The standard InChI is InChI=1S/C16H15ClN2O2S/c1-11(22-14-10-6-5-9-13(14)17)15(20)18-19-16(21)12-7-3-2-4-8-12/h2-11H,1H3,(H,18,20)(H,19,21)/t11-/m1/s1. The smallest absolute Gasteiger partial charge is 0.269 e. The molecule has 0 bridgehead atoms. The Kier molecular flexibility index (Phi) is 5.86. The summed E-state index contributed by atoms with van der Waals surface area (Å²) in [7, 11) is 0. The molecular formula is C16H15ClN2O2S. The molecule has 4 nitrogen and oxygen atoms in total. The molecule has 2 amide bonds. The van der Waals surface area contributed by atoms with Gasteiger partial charge in [-0.3, -0.25) is 20.4 Å². The first-order chi connectivity index (χ1) is 10.6. The van der Waals surface area contributed by atoms with Crippen LogP contribution in [0.5, 0.6) is 0 Å². The van der Waals surface area contributed by atoms with E-state index >= 15 is 0 Å². The number of carbonyl (C=O) groups excluding carboxylic acids is 2. The van der Waals surface area contributed by atoms with Crippen molar-refractivity contribution in [3.8, 4) is 0 Å². The molecular weight excluding hydrogens is 320 g/mol. The zero-order chi connectivity index (χ0) is 15.9. The van der Waals surface area contributed by atoms with E-state index in [-0.39, 0.29) is 11.8 Å². The number of hydrogen-bond acceptors (Lipinski definition) is 3. The van der Waals surface area contributed by atoms with Gasteiger partial charge in [-0.25, -0.2) is 0 Å². The van der Waals surface area contributed by atoms with Crippen molar-refractivity contribution in [3.63, 3.8) is 0 Å². The van der Waals surface area contributed by atoms with Gasteiger partial charge >= 0.3 is 0 Å². The van der Waals surface area contributed by atoms with Gasteiger partial charge in [-0.2, -0.15) is 0 Å². The van der Waals surface area contributed by atoms with Crippen LogP contribution in [-0.4, -0.2) is 17.1 Å². The first-order valence-electron chi connectivity index (χ1n) is 6.64. The lowest BCUT2D eigenvalue weighted by atomic mass is 10.2. The molecule has 0 aliphatic rings. The molecule has 0 aromatic heterocycles. The monoisotopic (exact) mass is 334 g/mol. The molecule has 0 unspecified atom stereocenters. The zero-order valence-corrected chi connectivity index (χ0v) is 13.4. The fourth-order valence-corrected chi connectivity index (χ4v) is 2.82. The van der Waals surface area contributed by atoms with Crippen molar-refractivity contribution in [2.45, 2.75) is 17.1 Å². The van der Waals surface area contributed by atoms with Gasteiger partial charge in [-0.15, -0.1) is 11.8 Å². The Hall–Kier alpha value is -1.98. The Morgan fingerprint density at radius 3 is 2.32 bits per heavy atom. The molecule has 2 aromatic carbocycles. The number of carbonyl (C=O) groups is 2.